The molecule has 0 N–H and O–H groups in total. The third-order valence-electron chi connectivity index (χ3n) is 2.42. The van der Waals surface area contributed by atoms with Crippen LogP contribution in [0.5, 0.6) is 0 Å². The first-order valence-corrected chi connectivity index (χ1v) is 5.35. The van der Waals surface area contributed by atoms with Crippen LogP contribution in [-0.4, -0.2) is 12.1 Å². The lowest BCUT2D eigenvalue weighted by atomic mass is 10.1. The predicted molar refractivity (Wildman–Crippen MR) is 63.9 cm³/mol. The van der Waals surface area contributed by atoms with Crippen LogP contribution in [0.2, 0.25) is 0 Å². The van der Waals surface area contributed by atoms with Crippen molar-refractivity contribution in [3.05, 3.63) is 29.8 Å². The molecule has 0 aliphatic carbocycles. The second kappa shape index (κ2) is 4.84. The second-order valence-electron chi connectivity index (χ2n) is 4.22. The van der Waals surface area contributed by atoms with Gasteiger partial charge in [0.2, 0.25) is 0 Å². The fourth-order valence-corrected chi connectivity index (χ4v) is 1.95. The van der Waals surface area contributed by atoms with E-state index in [1.54, 1.807) is 0 Å². The molecule has 0 aliphatic rings. The van der Waals surface area contributed by atoms with Crippen molar-refractivity contribution < 1.29 is 0 Å². The smallest absolute Gasteiger partial charge is 0.101 e. The van der Waals surface area contributed by atoms with Gasteiger partial charge in [0.25, 0.3) is 0 Å². The minimum atomic E-state index is 0.402. The van der Waals surface area contributed by atoms with Crippen molar-refractivity contribution in [2.45, 2.75) is 39.8 Å². The standard InChI is InChI=1S/C13H18N2/c1-10(2)15(11(3)4)13-8-6-5-7-12(13)9-14/h5-8,10-11H,1-4H3. The molecule has 2 nitrogen and oxygen atoms in total. The molecule has 0 atom stereocenters. The fraction of sp³-hybridized carbons (Fsp3) is 0.462. The van der Waals surface area contributed by atoms with Crippen LogP contribution in [0.15, 0.2) is 24.3 Å². The van der Waals surface area contributed by atoms with Crippen molar-refractivity contribution in [3.63, 3.8) is 0 Å². The zero-order chi connectivity index (χ0) is 11.4. The number of para-hydroxylation sites is 1. The summed E-state index contributed by atoms with van der Waals surface area (Å²) in [6, 6.07) is 10.8. The Morgan fingerprint density at radius 2 is 1.60 bits per heavy atom. The lowest BCUT2D eigenvalue weighted by Gasteiger charge is -2.33. The highest BCUT2D eigenvalue weighted by molar-refractivity contribution is 5.60. The average molecular weight is 202 g/mol. The van der Waals surface area contributed by atoms with E-state index in [0.29, 0.717) is 12.1 Å². The Kier molecular flexibility index (Phi) is 3.74. The third-order valence-corrected chi connectivity index (χ3v) is 2.42. The van der Waals surface area contributed by atoms with Crippen molar-refractivity contribution >= 4 is 5.69 Å². The van der Waals surface area contributed by atoms with Gasteiger partial charge in [-0.3, -0.25) is 0 Å². The molecule has 15 heavy (non-hydrogen) atoms. The van der Waals surface area contributed by atoms with Crippen molar-refractivity contribution in [2.24, 2.45) is 0 Å². The van der Waals surface area contributed by atoms with E-state index in [9.17, 15) is 0 Å². The molecule has 1 aromatic carbocycles. The largest absolute Gasteiger partial charge is 0.366 e. The molecule has 0 spiro atoms. The first-order chi connectivity index (χ1) is 7.07. The van der Waals surface area contributed by atoms with Gasteiger partial charge in [-0.15, -0.1) is 0 Å². The van der Waals surface area contributed by atoms with Crippen molar-refractivity contribution in [3.8, 4) is 6.07 Å². The first kappa shape index (κ1) is 11.6. The van der Waals surface area contributed by atoms with Crippen LogP contribution < -0.4 is 4.90 Å². The number of benzene rings is 1. The molecule has 0 fully saturated rings. The van der Waals surface area contributed by atoms with Gasteiger partial charge in [-0.05, 0) is 39.8 Å². The quantitative estimate of drug-likeness (QED) is 0.752. The molecule has 0 saturated heterocycles. The summed E-state index contributed by atoms with van der Waals surface area (Å²) in [7, 11) is 0. The van der Waals surface area contributed by atoms with Gasteiger partial charge < -0.3 is 4.90 Å². The number of hydrogen-bond donors (Lipinski definition) is 0. The van der Waals surface area contributed by atoms with Gasteiger partial charge >= 0.3 is 0 Å². The lowest BCUT2D eigenvalue weighted by molar-refractivity contribution is 0.607. The summed E-state index contributed by atoms with van der Waals surface area (Å²) < 4.78 is 0. The Morgan fingerprint density at radius 1 is 1.07 bits per heavy atom. The minimum Gasteiger partial charge on any atom is -0.366 e. The van der Waals surface area contributed by atoms with E-state index >= 15 is 0 Å². The van der Waals surface area contributed by atoms with E-state index < -0.39 is 0 Å². The van der Waals surface area contributed by atoms with Gasteiger partial charge in [-0.1, -0.05) is 12.1 Å². The van der Waals surface area contributed by atoms with E-state index in [1.807, 2.05) is 24.3 Å². The van der Waals surface area contributed by atoms with Gasteiger partial charge in [0.15, 0.2) is 0 Å². The number of anilines is 1. The van der Waals surface area contributed by atoms with Crippen LogP contribution in [0.25, 0.3) is 0 Å². The van der Waals surface area contributed by atoms with Crippen LogP contribution in [0, 0.1) is 11.3 Å². The van der Waals surface area contributed by atoms with E-state index in [1.165, 1.54) is 0 Å². The third kappa shape index (κ3) is 2.50. The molecular formula is C13H18N2. The molecule has 0 saturated carbocycles. The normalized spacial score (nSPS) is 10.5. The maximum absolute atomic E-state index is 9.05. The monoisotopic (exact) mass is 202 g/mol. The number of nitrogens with zero attached hydrogens (tertiary/aromatic N) is 2. The summed E-state index contributed by atoms with van der Waals surface area (Å²) in [5.41, 5.74) is 1.78. The summed E-state index contributed by atoms with van der Waals surface area (Å²) in [6.07, 6.45) is 0. The Bertz CT molecular complexity index is 353. The van der Waals surface area contributed by atoms with Gasteiger partial charge in [0.1, 0.15) is 6.07 Å². The van der Waals surface area contributed by atoms with Crippen LogP contribution in [0.4, 0.5) is 5.69 Å². The molecule has 0 heterocycles. The molecule has 0 unspecified atom stereocenters. The highest BCUT2D eigenvalue weighted by Crippen LogP contribution is 2.23. The summed E-state index contributed by atoms with van der Waals surface area (Å²) in [4.78, 5) is 2.26. The van der Waals surface area contributed by atoms with Crippen molar-refractivity contribution in [2.75, 3.05) is 4.90 Å². The molecule has 0 aliphatic heterocycles. The molecule has 2 heteroatoms. The van der Waals surface area contributed by atoms with Gasteiger partial charge in [0.05, 0.1) is 11.3 Å². The van der Waals surface area contributed by atoms with E-state index in [4.69, 9.17) is 5.26 Å². The van der Waals surface area contributed by atoms with E-state index in [0.717, 1.165) is 11.3 Å². The number of hydrogen-bond acceptors (Lipinski definition) is 2. The zero-order valence-electron chi connectivity index (χ0n) is 9.86. The Balaban J connectivity index is 3.18. The Labute approximate surface area is 92.1 Å². The molecule has 0 radical (unpaired) electrons. The molecule has 0 amide bonds. The van der Waals surface area contributed by atoms with Crippen LogP contribution >= 0.6 is 0 Å². The Morgan fingerprint density at radius 3 is 2.07 bits per heavy atom. The molecule has 80 valence electrons. The topological polar surface area (TPSA) is 27.0 Å². The maximum Gasteiger partial charge on any atom is 0.101 e. The van der Waals surface area contributed by atoms with Gasteiger partial charge in [-0.2, -0.15) is 5.26 Å². The summed E-state index contributed by atoms with van der Waals surface area (Å²) >= 11 is 0. The van der Waals surface area contributed by atoms with E-state index in [2.05, 4.69) is 38.7 Å². The fourth-order valence-electron chi connectivity index (χ4n) is 1.95. The van der Waals surface area contributed by atoms with Crippen LogP contribution in [0.3, 0.4) is 0 Å². The highest BCUT2D eigenvalue weighted by Gasteiger charge is 2.16. The maximum atomic E-state index is 9.05. The Hall–Kier alpha value is -1.49. The first-order valence-electron chi connectivity index (χ1n) is 5.35. The van der Waals surface area contributed by atoms with Crippen LogP contribution in [0.1, 0.15) is 33.3 Å². The van der Waals surface area contributed by atoms with Crippen LogP contribution in [-0.2, 0) is 0 Å². The highest BCUT2D eigenvalue weighted by atomic mass is 15.2. The summed E-state index contributed by atoms with van der Waals surface area (Å²) in [5.74, 6) is 0. The van der Waals surface area contributed by atoms with Gasteiger partial charge in [-0.25, -0.2) is 0 Å². The molecule has 1 rings (SSSR count). The van der Waals surface area contributed by atoms with Crippen molar-refractivity contribution in [1.82, 2.24) is 0 Å². The molecular weight excluding hydrogens is 184 g/mol. The molecule has 0 bridgehead atoms. The second-order valence-corrected chi connectivity index (χ2v) is 4.22. The lowest BCUT2D eigenvalue weighted by Crippen LogP contribution is -2.37. The van der Waals surface area contributed by atoms with E-state index in [-0.39, 0.29) is 0 Å². The molecule has 1 aromatic rings. The van der Waals surface area contributed by atoms with Crippen molar-refractivity contribution in [1.29, 1.82) is 5.26 Å². The SMILES string of the molecule is CC(C)N(c1ccccc1C#N)C(C)C. The number of nitriles is 1. The average Bonchev–Trinajstić information content (AvgIpc) is 2.17. The summed E-state index contributed by atoms with van der Waals surface area (Å²) in [6.45, 7) is 8.59. The minimum absolute atomic E-state index is 0.402. The number of rotatable bonds is 3. The van der Waals surface area contributed by atoms with Gasteiger partial charge in [0, 0.05) is 12.1 Å². The zero-order valence-corrected chi connectivity index (χ0v) is 9.86. The predicted octanol–water partition coefficient (Wildman–Crippen LogP) is 3.18. The molecule has 0 aromatic heterocycles. The summed E-state index contributed by atoms with van der Waals surface area (Å²) in [5, 5.41) is 9.05.